The molecular weight excluding hydrogens is 173 g/mol. The second-order valence-electron chi connectivity index (χ2n) is 1.53. The molecule has 0 radical (unpaired) electrons. The summed E-state index contributed by atoms with van der Waals surface area (Å²) in [6, 6.07) is 7.19. The Bertz CT molecular complexity index is 154. The van der Waals surface area contributed by atoms with Crippen molar-refractivity contribution < 1.29 is 0 Å². The van der Waals surface area contributed by atoms with Crippen LogP contribution in [-0.4, -0.2) is 46.1 Å². The summed E-state index contributed by atoms with van der Waals surface area (Å²) in [6.07, 6.45) is 8.61. The predicted octanol–water partition coefficient (Wildman–Crippen LogP) is 0.126. The fourth-order valence-corrected chi connectivity index (χ4v) is 0.430. The third-order valence-electron chi connectivity index (χ3n) is 0.812. The number of rotatable bonds is 0. The Morgan fingerprint density at radius 1 is 0.750 bits per heavy atom. The van der Waals surface area contributed by atoms with Crippen LogP contribution in [0.3, 0.4) is 0 Å². The van der Waals surface area contributed by atoms with Crippen LogP contribution in [-0.2, 0) is 0 Å². The van der Waals surface area contributed by atoms with Crippen LogP contribution in [0.4, 0.5) is 0 Å². The van der Waals surface area contributed by atoms with E-state index in [2.05, 4.69) is 22.4 Å². The van der Waals surface area contributed by atoms with Crippen molar-refractivity contribution >= 4 is 46.1 Å². The molecule has 0 saturated heterocycles. The largest absolute Gasteiger partial charge is 2.00 e. The van der Waals surface area contributed by atoms with Crippen LogP contribution in [0.2, 0.25) is 0 Å². The van der Waals surface area contributed by atoms with Crippen LogP contribution in [0.25, 0.3) is 0 Å². The first kappa shape index (κ1) is 14.6. The average Bonchev–Trinajstić information content (AvgIpc) is 2.67. The molecule has 0 N–H and O–H groups in total. The number of hydrogen-bond donors (Lipinski definition) is 0. The average molecular weight is 179 g/mol. The smallest absolute Gasteiger partial charge is 0.799 e. The van der Waals surface area contributed by atoms with Crippen LogP contribution >= 0.6 is 0 Å². The van der Waals surface area contributed by atoms with Crippen molar-refractivity contribution in [2.24, 2.45) is 0 Å². The minimum Gasteiger partial charge on any atom is -0.799 e. The summed E-state index contributed by atoms with van der Waals surface area (Å²) in [7, 11) is 0. The zero-order valence-corrected chi connectivity index (χ0v) is 9.60. The van der Waals surface area contributed by atoms with E-state index in [-0.39, 0.29) is 46.1 Å². The molecule has 0 atom stereocenters. The van der Waals surface area contributed by atoms with Gasteiger partial charge in [0.05, 0.1) is 0 Å². The van der Waals surface area contributed by atoms with Crippen molar-refractivity contribution in [2.75, 3.05) is 0 Å². The molecular formula is C8H6Mg2N2. The summed E-state index contributed by atoms with van der Waals surface area (Å²) in [5.74, 6) is 0. The van der Waals surface area contributed by atoms with Gasteiger partial charge in [0.1, 0.15) is 0 Å². The summed E-state index contributed by atoms with van der Waals surface area (Å²) in [4.78, 5) is 7.19. The van der Waals surface area contributed by atoms with Crippen LogP contribution in [0, 0.1) is 12.4 Å². The summed E-state index contributed by atoms with van der Waals surface area (Å²) in [6.45, 7) is 0. The van der Waals surface area contributed by atoms with E-state index in [1.807, 2.05) is 12.1 Å². The Hall–Kier alpha value is 0.0925. The minimum atomic E-state index is 0. The molecule has 4 heteroatoms. The van der Waals surface area contributed by atoms with Gasteiger partial charge < -0.3 is 34.8 Å². The molecule has 0 aliphatic rings. The molecule has 0 spiro atoms. The fourth-order valence-electron chi connectivity index (χ4n) is 0.430. The minimum absolute atomic E-state index is 0. The first-order valence-electron chi connectivity index (χ1n) is 2.87. The van der Waals surface area contributed by atoms with Crippen LogP contribution in [0.5, 0.6) is 0 Å². The number of aromatic nitrogens is 2. The van der Waals surface area contributed by atoms with E-state index in [0.717, 1.165) is 0 Å². The van der Waals surface area contributed by atoms with Crippen molar-refractivity contribution in [2.45, 2.75) is 0 Å². The van der Waals surface area contributed by atoms with Crippen molar-refractivity contribution in [1.29, 1.82) is 0 Å². The molecule has 2 heterocycles. The first-order valence-corrected chi connectivity index (χ1v) is 2.87. The molecule has 0 aliphatic carbocycles. The van der Waals surface area contributed by atoms with Gasteiger partial charge in [-0.15, -0.1) is 0 Å². The molecule has 0 saturated carbocycles. The van der Waals surface area contributed by atoms with Crippen molar-refractivity contribution in [1.82, 2.24) is 9.97 Å². The van der Waals surface area contributed by atoms with Gasteiger partial charge in [-0.05, 0) is 0 Å². The van der Waals surface area contributed by atoms with E-state index in [1.165, 1.54) is 0 Å². The molecule has 2 nitrogen and oxygen atoms in total. The Labute approximate surface area is 104 Å². The summed E-state index contributed by atoms with van der Waals surface area (Å²) < 4.78 is 0. The summed E-state index contributed by atoms with van der Waals surface area (Å²) in [5.41, 5.74) is 0. The summed E-state index contributed by atoms with van der Waals surface area (Å²) in [5, 5.41) is 0. The van der Waals surface area contributed by atoms with Gasteiger partial charge in [-0.25, -0.2) is 24.3 Å². The third kappa shape index (κ3) is 8.19. The van der Waals surface area contributed by atoms with Gasteiger partial charge >= 0.3 is 46.1 Å². The van der Waals surface area contributed by atoms with Gasteiger partial charge in [0.25, 0.3) is 0 Å². The maximum atomic E-state index is 3.60. The molecule has 0 amide bonds. The van der Waals surface area contributed by atoms with Crippen LogP contribution in [0.1, 0.15) is 0 Å². The van der Waals surface area contributed by atoms with Gasteiger partial charge in [0, 0.05) is 0 Å². The second kappa shape index (κ2) is 11.1. The Morgan fingerprint density at radius 2 is 1.17 bits per heavy atom. The first-order chi connectivity index (χ1) is 5.00. The Morgan fingerprint density at radius 3 is 1.25 bits per heavy atom. The molecule has 0 fully saturated rings. The van der Waals surface area contributed by atoms with E-state index in [9.17, 15) is 0 Å². The van der Waals surface area contributed by atoms with Crippen molar-refractivity contribution in [3.8, 4) is 0 Å². The number of hydrogen-bond acceptors (Lipinski definition) is 0. The van der Waals surface area contributed by atoms with Gasteiger partial charge in [-0.1, -0.05) is 0 Å². The molecule has 0 unspecified atom stereocenters. The van der Waals surface area contributed by atoms with Crippen molar-refractivity contribution in [3.63, 3.8) is 0 Å². The molecule has 2 aromatic heterocycles. The van der Waals surface area contributed by atoms with E-state index in [1.54, 1.807) is 24.5 Å². The molecule has 12 heavy (non-hydrogen) atoms. The predicted molar refractivity (Wildman–Crippen MR) is 48.7 cm³/mol. The van der Waals surface area contributed by atoms with E-state index < -0.39 is 0 Å². The van der Waals surface area contributed by atoms with E-state index >= 15 is 0 Å². The van der Waals surface area contributed by atoms with Gasteiger partial charge in [-0.3, -0.25) is 0 Å². The molecule has 0 aliphatic heterocycles. The summed E-state index contributed by atoms with van der Waals surface area (Å²) >= 11 is 0. The monoisotopic (exact) mass is 178 g/mol. The van der Waals surface area contributed by atoms with Crippen LogP contribution in [0.15, 0.2) is 36.7 Å². The Balaban J connectivity index is 0. The Kier molecular flexibility index (Phi) is 13.5. The molecule has 2 rings (SSSR count). The zero-order valence-electron chi connectivity index (χ0n) is 6.77. The second-order valence-corrected chi connectivity index (χ2v) is 1.53. The van der Waals surface area contributed by atoms with E-state index in [4.69, 9.17) is 0 Å². The van der Waals surface area contributed by atoms with Gasteiger partial charge in [0.15, 0.2) is 0 Å². The standard InChI is InChI=1S/2C4H3N.2Mg/c2*1-2-4-5-3-1;;/h2*1-3H;;/q2*-2;2*+2. The maximum absolute atomic E-state index is 3.60. The van der Waals surface area contributed by atoms with Gasteiger partial charge in [-0.2, -0.15) is 0 Å². The fraction of sp³-hybridized carbons (Fsp3) is 0. The third-order valence-corrected chi connectivity index (χ3v) is 0.812. The quantitative estimate of drug-likeness (QED) is 0.424. The molecule has 52 valence electrons. The normalized spacial score (nSPS) is 6.67. The molecule has 0 aromatic carbocycles. The SMILES string of the molecule is [Mg+2].[Mg+2].[c-]1ccc[n-]1.[c-]1ccc[n-]1. The topological polar surface area (TPSA) is 28.2 Å². The maximum Gasteiger partial charge on any atom is 2.00 e. The zero-order chi connectivity index (χ0) is 7.07. The molecule has 0 bridgehead atoms. The number of nitrogens with zero attached hydrogens (tertiary/aromatic N) is 2. The van der Waals surface area contributed by atoms with Gasteiger partial charge in [0.2, 0.25) is 0 Å². The van der Waals surface area contributed by atoms with E-state index in [0.29, 0.717) is 0 Å². The molecule has 2 aromatic rings. The van der Waals surface area contributed by atoms with Crippen LogP contribution < -0.4 is 9.97 Å². The van der Waals surface area contributed by atoms with Crippen molar-refractivity contribution in [3.05, 3.63) is 49.1 Å².